The van der Waals surface area contributed by atoms with Crippen LogP contribution < -0.4 is 24.4 Å². The molecule has 0 aromatic heterocycles. The lowest BCUT2D eigenvalue weighted by molar-refractivity contribution is -0.113. The van der Waals surface area contributed by atoms with Crippen molar-refractivity contribution in [2.75, 3.05) is 38.8 Å². The van der Waals surface area contributed by atoms with Crippen LogP contribution in [0.4, 0.5) is 5.69 Å². The molecule has 0 radical (unpaired) electrons. The molecule has 1 aliphatic rings. The van der Waals surface area contributed by atoms with Gasteiger partial charge in [0.15, 0.2) is 11.5 Å². The van der Waals surface area contributed by atoms with Crippen LogP contribution in [0, 0.1) is 0 Å². The number of anilines is 1. The Morgan fingerprint density at radius 2 is 1.67 bits per heavy atom. The van der Waals surface area contributed by atoms with Crippen molar-refractivity contribution >= 4 is 82.6 Å². The number of hydrogen-bond acceptors (Lipinski definition) is 7. The quantitative estimate of drug-likeness (QED) is 0.0829. The molecule has 5 rings (SSSR count). The summed E-state index contributed by atoms with van der Waals surface area (Å²) in [6.07, 6.45) is 4.24. The van der Waals surface area contributed by atoms with Gasteiger partial charge >= 0.3 is 0 Å². The molecule has 3 N–H and O–H groups in total. The van der Waals surface area contributed by atoms with Gasteiger partial charge < -0.3 is 24.8 Å². The van der Waals surface area contributed by atoms with Crippen molar-refractivity contribution in [2.24, 2.45) is 0 Å². The molecule has 4 aromatic carbocycles. The van der Waals surface area contributed by atoms with Crippen molar-refractivity contribution in [3.63, 3.8) is 0 Å². The molecule has 51 heavy (non-hydrogen) atoms. The summed E-state index contributed by atoms with van der Waals surface area (Å²) in [5, 5.41) is 13.5. The lowest BCUT2D eigenvalue weighted by Crippen LogP contribution is -2.28. The van der Waals surface area contributed by atoms with Gasteiger partial charge in [0.25, 0.3) is 11.8 Å². The van der Waals surface area contributed by atoms with Gasteiger partial charge in [0, 0.05) is 40.3 Å². The summed E-state index contributed by atoms with van der Waals surface area (Å²) in [7, 11) is -0.768. The first-order valence-electron chi connectivity index (χ1n) is 16.0. The second kappa shape index (κ2) is 17.1. The average molecular weight is 862 g/mol. The molecule has 0 fully saturated rings. The number of carbonyl (C=O) groups excluding carboxylic acids is 2. The third-order valence-corrected chi connectivity index (χ3v) is 11.1. The Labute approximate surface area is 319 Å². The van der Waals surface area contributed by atoms with Gasteiger partial charge in [-0.2, -0.15) is 0 Å². The normalized spacial score (nSPS) is 13.4. The SMILES string of the molecule is COc1ccc(Cl)cc1C(=O)NCCc1ccc(S(=O)(=O)NCCCCCN2C(=O)C(=Cc3cc(Br)c(O)c(OC)c3)c3cc(Br)ccc32)cc1. The van der Waals surface area contributed by atoms with Gasteiger partial charge in [-0.15, -0.1) is 0 Å². The van der Waals surface area contributed by atoms with Crippen LogP contribution in [-0.4, -0.2) is 59.2 Å². The number of benzene rings is 4. The summed E-state index contributed by atoms with van der Waals surface area (Å²) in [6, 6.07) is 20.5. The van der Waals surface area contributed by atoms with Crippen molar-refractivity contribution in [2.45, 2.75) is 30.6 Å². The number of phenols is 1. The number of phenolic OH excluding ortho intramolecular Hbond substituents is 1. The number of unbranched alkanes of at least 4 members (excludes halogenated alkanes) is 2. The zero-order valence-corrected chi connectivity index (χ0v) is 32.6. The summed E-state index contributed by atoms with van der Waals surface area (Å²) in [6.45, 7) is 1.06. The first-order valence-corrected chi connectivity index (χ1v) is 19.5. The molecular formula is C37H36Br2ClN3O7S. The fraction of sp³-hybridized carbons (Fsp3) is 0.243. The van der Waals surface area contributed by atoms with E-state index in [0.29, 0.717) is 70.7 Å². The molecule has 0 unspecified atom stereocenters. The predicted molar refractivity (Wildman–Crippen MR) is 206 cm³/mol. The van der Waals surface area contributed by atoms with Crippen LogP contribution in [0.15, 0.2) is 86.6 Å². The van der Waals surface area contributed by atoms with E-state index in [1.807, 2.05) is 18.2 Å². The largest absolute Gasteiger partial charge is 0.503 e. The molecule has 4 aromatic rings. The zero-order valence-electron chi connectivity index (χ0n) is 27.8. The lowest BCUT2D eigenvalue weighted by Gasteiger charge is -2.17. The van der Waals surface area contributed by atoms with Crippen LogP contribution in [-0.2, 0) is 21.2 Å². The van der Waals surface area contributed by atoms with E-state index in [0.717, 1.165) is 21.3 Å². The molecule has 14 heteroatoms. The fourth-order valence-corrected chi connectivity index (χ4v) is 7.73. The summed E-state index contributed by atoms with van der Waals surface area (Å²) < 4.78 is 40.3. The highest BCUT2D eigenvalue weighted by Gasteiger charge is 2.32. The maximum absolute atomic E-state index is 13.6. The zero-order chi connectivity index (χ0) is 36.7. The molecule has 268 valence electrons. The van der Waals surface area contributed by atoms with E-state index < -0.39 is 10.0 Å². The van der Waals surface area contributed by atoms with Crippen molar-refractivity contribution in [3.8, 4) is 17.2 Å². The Morgan fingerprint density at radius 3 is 2.39 bits per heavy atom. The van der Waals surface area contributed by atoms with Crippen molar-refractivity contribution < 1.29 is 32.6 Å². The van der Waals surface area contributed by atoms with E-state index in [1.165, 1.54) is 14.2 Å². The minimum Gasteiger partial charge on any atom is -0.503 e. The monoisotopic (exact) mass is 859 g/mol. The number of sulfonamides is 1. The first-order chi connectivity index (χ1) is 24.4. The molecule has 1 heterocycles. The van der Waals surface area contributed by atoms with Crippen molar-refractivity contribution in [3.05, 3.63) is 109 Å². The summed E-state index contributed by atoms with van der Waals surface area (Å²) >= 11 is 12.9. The Hall–Kier alpha value is -3.88. The number of carbonyl (C=O) groups is 2. The van der Waals surface area contributed by atoms with Gasteiger partial charge in [-0.05, 0) is 113 Å². The highest BCUT2D eigenvalue weighted by Crippen LogP contribution is 2.41. The minimum absolute atomic E-state index is 0.0189. The van der Waals surface area contributed by atoms with Crippen LogP contribution in [0.5, 0.6) is 17.2 Å². The molecule has 10 nitrogen and oxygen atoms in total. The first kappa shape index (κ1) is 38.4. The van der Waals surface area contributed by atoms with Gasteiger partial charge in [0.2, 0.25) is 10.0 Å². The van der Waals surface area contributed by atoms with Crippen molar-refractivity contribution in [1.82, 2.24) is 10.0 Å². The molecule has 2 amide bonds. The molecule has 1 aliphatic heterocycles. The molecule has 0 saturated carbocycles. The number of nitrogens with one attached hydrogen (secondary N) is 2. The van der Waals surface area contributed by atoms with Gasteiger partial charge in [-0.25, -0.2) is 13.1 Å². The molecule has 0 spiro atoms. The number of amides is 2. The predicted octanol–water partition coefficient (Wildman–Crippen LogP) is 7.60. The molecular weight excluding hydrogens is 826 g/mol. The van der Waals surface area contributed by atoms with Gasteiger partial charge in [-0.1, -0.05) is 46.1 Å². The van der Waals surface area contributed by atoms with E-state index in [1.54, 1.807) is 65.6 Å². The number of ether oxygens (including phenoxy) is 2. The smallest absolute Gasteiger partial charge is 0.258 e. The van der Waals surface area contributed by atoms with Gasteiger partial charge in [-0.3, -0.25) is 9.59 Å². The topological polar surface area (TPSA) is 134 Å². The third-order valence-electron chi connectivity index (χ3n) is 8.29. The fourth-order valence-electron chi connectivity index (χ4n) is 5.66. The Kier molecular flexibility index (Phi) is 12.9. The standard InChI is InChI=1S/C37H36Br2ClN3O7S/c1-49-33-13-9-26(40)22-30(33)36(45)41-16-14-23-6-10-27(11-7-23)51(47,48)42-15-4-3-5-17-43-32-12-8-25(38)21-28(32)29(37(43)46)18-24-19-31(39)35(44)34(20-24)50-2/h6-13,18-22,42,44H,3-5,14-17H2,1-2H3,(H,41,45). The Balaban J connectivity index is 1.10. The van der Waals surface area contributed by atoms with Crippen molar-refractivity contribution in [1.29, 1.82) is 0 Å². The van der Waals surface area contributed by atoms with E-state index in [4.69, 9.17) is 21.1 Å². The highest BCUT2D eigenvalue weighted by atomic mass is 79.9. The molecule has 0 bridgehead atoms. The Morgan fingerprint density at radius 1 is 0.922 bits per heavy atom. The highest BCUT2D eigenvalue weighted by molar-refractivity contribution is 9.10. The summed E-state index contributed by atoms with van der Waals surface area (Å²) in [4.78, 5) is 28.1. The van der Waals surface area contributed by atoms with Crippen LogP contribution in [0.25, 0.3) is 11.6 Å². The number of halogens is 3. The molecule has 0 atom stereocenters. The van der Waals surface area contributed by atoms with E-state index in [2.05, 4.69) is 41.9 Å². The number of nitrogens with zero attached hydrogens (tertiary/aromatic N) is 1. The Bertz CT molecular complexity index is 2080. The lowest BCUT2D eigenvalue weighted by atomic mass is 10.0. The van der Waals surface area contributed by atoms with Crippen LogP contribution >= 0.6 is 43.5 Å². The van der Waals surface area contributed by atoms with Crippen LogP contribution in [0.2, 0.25) is 5.02 Å². The van der Waals surface area contributed by atoms with Crippen LogP contribution in [0.1, 0.15) is 46.3 Å². The maximum Gasteiger partial charge on any atom is 0.258 e. The minimum atomic E-state index is -3.71. The number of methoxy groups -OCH3 is 2. The molecule has 0 aliphatic carbocycles. The maximum atomic E-state index is 13.6. The number of aromatic hydroxyl groups is 1. The summed E-state index contributed by atoms with van der Waals surface area (Å²) in [5.74, 6) is 0.235. The summed E-state index contributed by atoms with van der Waals surface area (Å²) in [5.41, 5.74) is 4.00. The van der Waals surface area contributed by atoms with E-state index >= 15 is 0 Å². The van der Waals surface area contributed by atoms with Crippen LogP contribution in [0.3, 0.4) is 0 Å². The molecule has 0 saturated heterocycles. The number of rotatable bonds is 15. The second-order valence-electron chi connectivity index (χ2n) is 11.7. The van der Waals surface area contributed by atoms with E-state index in [9.17, 15) is 23.1 Å². The number of hydrogen-bond donors (Lipinski definition) is 3. The second-order valence-corrected chi connectivity index (χ2v) is 15.7. The number of fused-ring (bicyclic) bond motifs is 1. The van der Waals surface area contributed by atoms with E-state index in [-0.39, 0.29) is 34.8 Å². The third kappa shape index (κ3) is 9.32. The van der Waals surface area contributed by atoms with Gasteiger partial charge in [0.1, 0.15) is 5.75 Å². The average Bonchev–Trinajstić information content (AvgIpc) is 3.36. The van der Waals surface area contributed by atoms with Gasteiger partial charge in [0.05, 0.1) is 34.8 Å².